The first kappa shape index (κ1) is 13.4. The van der Waals surface area contributed by atoms with E-state index in [1.54, 1.807) is 0 Å². The molecule has 4 nitrogen and oxygen atoms in total. The molecule has 16 heavy (non-hydrogen) atoms. The molecule has 1 aromatic rings. The number of rotatable bonds is 5. The van der Waals surface area contributed by atoms with Crippen LogP contribution >= 0.6 is 7.37 Å². The van der Waals surface area contributed by atoms with Gasteiger partial charge in [-0.15, -0.1) is 0 Å². The molecule has 0 heterocycles. The molecule has 90 valence electrons. The highest BCUT2D eigenvalue weighted by molar-refractivity contribution is 7.57. The summed E-state index contributed by atoms with van der Waals surface area (Å²) >= 11 is 0. The summed E-state index contributed by atoms with van der Waals surface area (Å²) < 4.78 is 11.8. The Labute approximate surface area is 95.6 Å². The Hall–Kier alpha value is -0.670. The van der Waals surface area contributed by atoms with E-state index in [4.69, 9.17) is 5.73 Å². The van der Waals surface area contributed by atoms with Crippen LogP contribution in [-0.2, 0) is 10.7 Å². The van der Waals surface area contributed by atoms with Crippen molar-refractivity contribution in [2.24, 2.45) is 5.73 Å². The average molecular weight is 243 g/mol. The topological polar surface area (TPSA) is 83.5 Å². The number of nitrogens with two attached hydrogens (primary N) is 1. The third-order valence-corrected chi connectivity index (χ3v) is 4.17. The van der Waals surface area contributed by atoms with Crippen LogP contribution in [0.4, 0.5) is 0 Å². The molecule has 0 saturated carbocycles. The number of hydrogen-bond acceptors (Lipinski definition) is 3. The minimum atomic E-state index is -3.33. The summed E-state index contributed by atoms with van der Waals surface area (Å²) in [5, 5.41) is 9.26. The molecule has 0 aliphatic rings. The highest BCUT2D eigenvalue weighted by Crippen LogP contribution is 2.44. The minimum Gasteiger partial charge on any atom is -0.391 e. The Morgan fingerprint density at radius 1 is 1.38 bits per heavy atom. The Morgan fingerprint density at radius 3 is 2.44 bits per heavy atom. The first-order valence-electron chi connectivity index (χ1n) is 5.17. The van der Waals surface area contributed by atoms with Crippen molar-refractivity contribution in [3.05, 3.63) is 35.4 Å². The lowest BCUT2D eigenvalue weighted by Gasteiger charge is -2.14. The number of hydrogen-bond donors (Lipinski definition) is 3. The fourth-order valence-corrected chi connectivity index (χ4v) is 3.17. The molecule has 1 rings (SSSR count). The average Bonchev–Trinajstić information content (AvgIpc) is 2.20. The first-order valence-corrected chi connectivity index (χ1v) is 7.20. The van der Waals surface area contributed by atoms with Crippen molar-refractivity contribution in [3.63, 3.8) is 0 Å². The summed E-state index contributed by atoms with van der Waals surface area (Å²) in [6.07, 6.45) is -0.955. The summed E-state index contributed by atoms with van der Waals surface area (Å²) in [5.41, 5.74) is 7.13. The number of aliphatic hydroxyl groups excluding tert-OH is 1. The van der Waals surface area contributed by atoms with Crippen molar-refractivity contribution < 1.29 is 14.6 Å². The Balaban J connectivity index is 2.65. The lowest BCUT2D eigenvalue weighted by Crippen LogP contribution is -2.23. The highest BCUT2D eigenvalue weighted by Gasteiger charge is 2.22. The van der Waals surface area contributed by atoms with Crippen LogP contribution in [0.15, 0.2) is 24.3 Å². The summed E-state index contributed by atoms with van der Waals surface area (Å²) in [5.74, 6) is 0. The SMILES string of the molecule is Cc1ccc(CP(=O)(O)C[C@H](O)CN)cc1. The van der Waals surface area contributed by atoms with E-state index in [1.165, 1.54) is 0 Å². The molecule has 4 N–H and O–H groups in total. The van der Waals surface area contributed by atoms with Crippen LogP contribution in [0.5, 0.6) is 0 Å². The summed E-state index contributed by atoms with van der Waals surface area (Å²) in [6.45, 7) is 1.97. The van der Waals surface area contributed by atoms with Crippen molar-refractivity contribution in [2.45, 2.75) is 19.2 Å². The zero-order valence-electron chi connectivity index (χ0n) is 9.34. The molecule has 1 unspecified atom stereocenters. The van der Waals surface area contributed by atoms with E-state index in [0.29, 0.717) is 0 Å². The number of aliphatic hydroxyl groups is 1. The molecule has 5 heteroatoms. The molecule has 0 amide bonds. The van der Waals surface area contributed by atoms with Gasteiger partial charge in [-0.25, -0.2) is 0 Å². The van der Waals surface area contributed by atoms with E-state index in [1.807, 2.05) is 31.2 Å². The fraction of sp³-hybridized carbons (Fsp3) is 0.455. The van der Waals surface area contributed by atoms with E-state index < -0.39 is 13.5 Å². The molecule has 0 radical (unpaired) electrons. The molecule has 0 spiro atoms. The highest BCUT2D eigenvalue weighted by atomic mass is 31.2. The van der Waals surface area contributed by atoms with Crippen LogP contribution in [0.1, 0.15) is 11.1 Å². The maximum absolute atomic E-state index is 11.8. The number of benzene rings is 1. The van der Waals surface area contributed by atoms with Gasteiger partial charge in [-0.1, -0.05) is 29.8 Å². The van der Waals surface area contributed by atoms with Crippen molar-refractivity contribution in [1.82, 2.24) is 0 Å². The van der Waals surface area contributed by atoms with Gasteiger partial charge in [0, 0.05) is 12.7 Å². The summed E-state index contributed by atoms with van der Waals surface area (Å²) in [6, 6.07) is 7.45. The normalized spacial score (nSPS) is 16.8. The molecule has 0 aromatic heterocycles. The Morgan fingerprint density at radius 2 is 1.94 bits per heavy atom. The molecule has 0 aliphatic carbocycles. The van der Waals surface area contributed by atoms with Crippen LogP contribution in [0.3, 0.4) is 0 Å². The van der Waals surface area contributed by atoms with Gasteiger partial charge in [-0.3, -0.25) is 4.57 Å². The molecule has 1 aromatic carbocycles. The summed E-state index contributed by atoms with van der Waals surface area (Å²) in [7, 11) is -3.33. The van der Waals surface area contributed by atoms with Gasteiger partial charge in [-0.05, 0) is 12.5 Å². The maximum Gasteiger partial charge on any atom is 0.207 e. The largest absolute Gasteiger partial charge is 0.391 e. The van der Waals surface area contributed by atoms with E-state index in [9.17, 15) is 14.6 Å². The fourth-order valence-electron chi connectivity index (χ4n) is 1.45. The van der Waals surface area contributed by atoms with Crippen molar-refractivity contribution in [3.8, 4) is 0 Å². The third-order valence-electron chi connectivity index (χ3n) is 2.32. The predicted octanol–water partition coefficient (Wildman–Crippen LogP) is 1.09. The zero-order chi connectivity index (χ0) is 12.2. The van der Waals surface area contributed by atoms with Crippen LogP contribution in [0, 0.1) is 6.92 Å². The van der Waals surface area contributed by atoms with Gasteiger partial charge in [-0.2, -0.15) is 0 Å². The smallest absolute Gasteiger partial charge is 0.207 e. The second-order valence-electron chi connectivity index (χ2n) is 4.06. The molecule has 0 saturated heterocycles. The molecular formula is C11H18NO3P. The Kier molecular flexibility index (Phi) is 4.69. The van der Waals surface area contributed by atoms with Gasteiger partial charge in [0.25, 0.3) is 0 Å². The third kappa shape index (κ3) is 4.45. The standard InChI is InChI=1S/C11H18NO3P/c1-9-2-4-10(5-3-9)7-16(14,15)8-11(13)6-12/h2-5,11,13H,6-8,12H2,1H3,(H,14,15)/t11-/m1/s1. The van der Waals surface area contributed by atoms with Gasteiger partial charge in [0.2, 0.25) is 7.37 Å². The van der Waals surface area contributed by atoms with Crippen LogP contribution in [-0.4, -0.2) is 28.8 Å². The molecule has 0 bridgehead atoms. The van der Waals surface area contributed by atoms with Gasteiger partial charge in [0.05, 0.1) is 12.3 Å². The molecule has 0 fully saturated rings. The lowest BCUT2D eigenvalue weighted by molar-refractivity contribution is 0.202. The van der Waals surface area contributed by atoms with Crippen LogP contribution < -0.4 is 5.73 Å². The second kappa shape index (κ2) is 5.60. The monoisotopic (exact) mass is 243 g/mol. The lowest BCUT2D eigenvalue weighted by atomic mass is 10.2. The predicted molar refractivity (Wildman–Crippen MR) is 64.6 cm³/mol. The van der Waals surface area contributed by atoms with Crippen molar-refractivity contribution >= 4 is 7.37 Å². The minimum absolute atomic E-state index is 0.0123. The first-order chi connectivity index (χ1) is 7.43. The Bertz CT molecular complexity index is 377. The van der Waals surface area contributed by atoms with Crippen LogP contribution in [0.2, 0.25) is 0 Å². The van der Waals surface area contributed by atoms with Gasteiger partial charge in [0.15, 0.2) is 0 Å². The second-order valence-corrected chi connectivity index (χ2v) is 6.44. The van der Waals surface area contributed by atoms with E-state index >= 15 is 0 Å². The van der Waals surface area contributed by atoms with E-state index in [2.05, 4.69) is 0 Å². The molecule has 2 atom stereocenters. The van der Waals surface area contributed by atoms with Crippen LogP contribution in [0.25, 0.3) is 0 Å². The van der Waals surface area contributed by atoms with Gasteiger partial charge in [0.1, 0.15) is 0 Å². The zero-order valence-corrected chi connectivity index (χ0v) is 10.2. The van der Waals surface area contributed by atoms with Crippen molar-refractivity contribution in [2.75, 3.05) is 12.7 Å². The van der Waals surface area contributed by atoms with Gasteiger partial charge < -0.3 is 15.7 Å². The summed E-state index contributed by atoms with van der Waals surface area (Å²) in [4.78, 5) is 9.68. The van der Waals surface area contributed by atoms with E-state index in [0.717, 1.165) is 11.1 Å². The maximum atomic E-state index is 11.8. The van der Waals surface area contributed by atoms with Crippen molar-refractivity contribution in [1.29, 1.82) is 0 Å². The van der Waals surface area contributed by atoms with E-state index in [-0.39, 0.29) is 18.9 Å². The number of aryl methyl sites for hydroxylation is 1. The molecule has 0 aliphatic heterocycles. The quantitative estimate of drug-likeness (QED) is 0.676. The van der Waals surface area contributed by atoms with Gasteiger partial charge >= 0.3 is 0 Å². The molecular weight excluding hydrogens is 225 g/mol.